The molecule has 1 N–H and O–H groups in total. The molecule has 0 saturated heterocycles. The molecule has 0 radical (unpaired) electrons. The molecule has 15 heavy (non-hydrogen) atoms. The first-order chi connectivity index (χ1) is 7.07. The van der Waals surface area contributed by atoms with E-state index in [2.05, 4.69) is 15.9 Å². The molecule has 84 valence electrons. The van der Waals surface area contributed by atoms with Crippen molar-refractivity contribution in [2.75, 3.05) is 5.33 Å². The average molecular weight is 273 g/mol. The first-order valence-electron chi connectivity index (χ1n) is 5.87. The number of aliphatic carboxylic acids is 1. The van der Waals surface area contributed by atoms with Gasteiger partial charge in [0.1, 0.15) is 0 Å². The predicted octanol–water partition coefficient (Wildman–Crippen LogP) is 3.05. The topological polar surface area (TPSA) is 37.3 Å². The molecular formula is C12H17BrO2. The molecule has 2 unspecified atom stereocenters. The molecular weight excluding hydrogens is 256 g/mol. The zero-order valence-electron chi connectivity index (χ0n) is 8.84. The van der Waals surface area contributed by atoms with Crippen LogP contribution >= 0.6 is 15.9 Å². The van der Waals surface area contributed by atoms with Crippen molar-refractivity contribution in [3.05, 3.63) is 0 Å². The molecule has 4 fully saturated rings. The number of carbonyl (C=O) groups is 1. The van der Waals surface area contributed by atoms with Crippen molar-refractivity contribution < 1.29 is 9.90 Å². The van der Waals surface area contributed by atoms with Crippen molar-refractivity contribution in [1.29, 1.82) is 0 Å². The summed E-state index contributed by atoms with van der Waals surface area (Å²) in [6, 6.07) is 0. The van der Waals surface area contributed by atoms with Crippen molar-refractivity contribution >= 4 is 21.9 Å². The maximum atomic E-state index is 11.5. The quantitative estimate of drug-likeness (QED) is 0.785. The van der Waals surface area contributed by atoms with Gasteiger partial charge in [-0.3, -0.25) is 4.79 Å². The number of hydrogen-bond acceptors (Lipinski definition) is 1. The van der Waals surface area contributed by atoms with E-state index in [1.165, 1.54) is 19.3 Å². The number of halogens is 1. The van der Waals surface area contributed by atoms with Crippen LogP contribution in [0.15, 0.2) is 0 Å². The maximum absolute atomic E-state index is 11.5. The summed E-state index contributed by atoms with van der Waals surface area (Å²) in [5, 5.41) is 10.5. The monoisotopic (exact) mass is 272 g/mol. The summed E-state index contributed by atoms with van der Waals surface area (Å²) in [6.45, 7) is 0. The Morgan fingerprint density at radius 1 is 1.27 bits per heavy atom. The molecule has 0 aromatic rings. The van der Waals surface area contributed by atoms with Gasteiger partial charge in [-0.05, 0) is 55.8 Å². The van der Waals surface area contributed by atoms with E-state index in [1.807, 2.05) is 0 Å². The van der Waals surface area contributed by atoms with Crippen LogP contribution in [0, 0.1) is 22.7 Å². The maximum Gasteiger partial charge on any atom is 0.309 e. The van der Waals surface area contributed by atoms with Gasteiger partial charge in [-0.2, -0.15) is 0 Å². The van der Waals surface area contributed by atoms with Crippen LogP contribution in [0.25, 0.3) is 0 Å². The second-order valence-electron chi connectivity index (χ2n) is 6.18. The Kier molecular flexibility index (Phi) is 2.02. The third-order valence-corrected chi connectivity index (χ3v) is 6.11. The van der Waals surface area contributed by atoms with E-state index in [0.29, 0.717) is 17.3 Å². The minimum atomic E-state index is -0.526. The van der Waals surface area contributed by atoms with Gasteiger partial charge in [0.2, 0.25) is 0 Å². The molecule has 0 amide bonds. The van der Waals surface area contributed by atoms with Crippen LogP contribution in [0.5, 0.6) is 0 Å². The summed E-state index contributed by atoms with van der Waals surface area (Å²) >= 11 is 3.62. The standard InChI is InChI=1S/C12H17BrO2/c13-7-11-2-8-1-9(3-11)5-12(4-8,6-11)10(14)15/h8-9H,1-7H2,(H,14,15)/t8-,9+,11?,12?. The summed E-state index contributed by atoms with van der Waals surface area (Å²) in [6.07, 6.45) is 6.66. The minimum Gasteiger partial charge on any atom is -0.481 e. The van der Waals surface area contributed by atoms with Gasteiger partial charge in [0.15, 0.2) is 0 Å². The second-order valence-corrected chi connectivity index (χ2v) is 6.74. The number of carboxylic acid groups (broad SMARTS) is 1. The zero-order valence-corrected chi connectivity index (χ0v) is 10.4. The van der Waals surface area contributed by atoms with Gasteiger partial charge in [0.25, 0.3) is 0 Å². The Bertz CT molecular complexity index is 299. The molecule has 4 rings (SSSR count). The number of alkyl halides is 1. The van der Waals surface area contributed by atoms with Gasteiger partial charge in [-0.25, -0.2) is 0 Å². The molecule has 4 saturated carbocycles. The summed E-state index contributed by atoms with van der Waals surface area (Å²) in [5.41, 5.74) is -0.0275. The predicted molar refractivity (Wildman–Crippen MR) is 61.0 cm³/mol. The van der Waals surface area contributed by atoms with Crippen LogP contribution < -0.4 is 0 Å². The summed E-state index contributed by atoms with van der Waals surface area (Å²) in [7, 11) is 0. The molecule has 0 aromatic carbocycles. The zero-order chi connectivity index (χ0) is 10.7. The van der Waals surface area contributed by atoms with E-state index in [9.17, 15) is 9.90 Å². The van der Waals surface area contributed by atoms with E-state index in [0.717, 1.165) is 24.6 Å². The van der Waals surface area contributed by atoms with E-state index in [1.54, 1.807) is 0 Å². The highest BCUT2D eigenvalue weighted by Gasteiger charge is 2.60. The Morgan fingerprint density at radius 3 is 2.33 bits per heavy atom. The molecule has 0 aromatic heterocycles. The molecule has 0 heterocycles. The van der Waals surface area contributed by atoms with Crippen LogP contribution in [0.2, 0.25) is 0 Å². The van der Waals surface area contributed by atoms with Crippen LogP contribution in [-0.4, -0.2) is 16.4 Å². The largest absolute Gasteiger partial charge is 0.481 e. The smallest absolute Gasteiger partial charge is 0.309 e. The Hall–Kier alpha value is -0.0500. The highest BCUT2D eigenvalue weighted by atomic mass is 79.9. The Balaban J connectivity index is 1.99. The highest BCUT2D eigenvalue weighted by molar-refractivity contribution is 9.09. The molecule has 4 aliphatic rings. The van der Waals surface area contributed by atoms with E-state index in [4.69, 9.17) is 0 Å². The van der Waals surface area contributed by atoms with Gasteiger partial charge in [0.05, 0.1) is 5.41 Å². The van der Waals surface area contributed by atoms with Crippen LogP contribution in [0.4, 0.5) is 0 Å². The average Bonchev–Trinajstić information content (AvgIpc) is 2.15. The first kappa shape index (κ1) is 10.1. The van der Waals surface area contributed by atoms with Crippen LogP contribution in [-0.2, 0) is 4.79 Å². The van der Waals surface area contributed by atoms with E-state index < -0.39 is 5.97 Å². The normalized spacial score (nSPS) is 52.1. The number of carboxylic acids is 1. The lowest BCUT2D eigenvalue weighted by molar-refractivity contribution is -0.172. The molecule has 4 bridgehead atoms. The Morgan fingerprint density at radius 2 is 1.87 bits per heavy atom. The van der Waals surface area contributed by atoms with Gasteiger partial charge in [0, 0.05) is 5.33 Å². The van der Waals surface area contributed by atoms with Crippen molar-refractivity contribution in [2.45, 2.75) is 38.5 Å². The van der Waals surface area contributed by atoms with E-state index in [-0.39, 0.29) is 5.41 Å². The fourth-order valence-electron chi connectivity index (χ4n) is 4.86. The third kappa shape index (κ3) is 1.31. The second kappa shape index (κ2) is 2.99. The minimum absolute atomic E-state index is 0.322. The van der Waals surface area contributed by atoms with Gasteiger partial charge in [-0.15, -0.1) is 0 Å². The first-order valence-corrected chi connectivity index (χ1v) is 6.99. The Labute approximate surface area is 98.6 Å². The SMILES string of the molecule is O=C(O)C12C[C@@H]3C[C@@H](CC(CBr)(C3)C1)C2. The van der Waals surface area contributed by atoms with Crippen molar-refractivity contribution in [3.63, 3.8) is 0 Å². The van der Waals surface area contributed by atoms with Gasteiger partial charge >= 0.3 is 5.97 Å². The highest BCUT2D eigenvalue weighted by Crippen LogP contribution is 2.65. The van der Waals surface area contributed by atoms with Crippen LogP contribution in [0.1, 0.15) is 38.5 Å². The molecule has 2 nitrogen and oxygen atoms in total. The lowest BCUT2D eigenvalue weighted by Gasteiger charge is -2.60. The molecule has 4 aliphatic carbocycles. The van der Waals surface area contributed by atoms with Crippen LogP contribution in [0.3, 0.4) is 0 Å². The number of hydrogen-bond donors (Lipinski definition) is 1. The van der Waals surface area contributed by atoms with Gasteiger partial charge in [-0.1, -0.05) is 15.9 Å². The lowest BCUT2D eigenvalue weighted by Crippen LogP contribution is -2.55. The molecule has 0 spiro atoms. The molecule has 0 aliphatic heterocycles. The fraction of sp³-hybridized carbons (Fsp3) is 0.917. The molecule has 3 heteroatoms. The third-order valence-electron chi connectivity index (χ3n) is 4.92. The summed E-state index contributed by atoms with van der Waals surface area (Å²) in [5.74, 6) is 0.863. The fourth-order valence-corrected chi connectivity index (χ4v) is 5.51. The lowest BCUT2D eigenvalue weighted by atomic mass is 9.44. The van der Waals surface area contributed by atoms with Crippen molar-refractivity contribution in [1.82, 2.24) is 0 Å². The number of rotatable bonds is 2. The molecule has 4 atom stereocenters. The van der Waals surface area contributed by atoms with Gasteiger partial charge < -0.3 is 5.11 Å². The summed E-state index contributed by atoms with van der Waals surface area (Å²) in [4.78, 5) is 11.5. The van der Waals surface area contributed by atoms with E-state index >= 15 is 0 Å². The van der Waals surface area contributed by atoms with Crippen molar-refractivity contribution in [2.24, 2.45) is 22.7 Å². The van der Waals surface area contributed by atoms with Crippen molar-refractivity contribution in [3.8, 4) is 0 Å². The summed E-state index contributed by atoms with van der Waals surface area (Å²) < 4.78 is 0.